The van der Waals surface area contributed by atoms with Gasteiger partial charge in [0, 0.05) is 23.8 Å². The standard InChI is InChI=1S/C12H16BrN3O2/c1-7-5-16(6-8(2)18-7)12(17)10-3-9(13)4-15-11(10)14/h3-4,7-8H,5-6H2,1-2H3,(H2,14,15)/t7-,8+. The van der Waals surface area contributed by atoms with Crippen LogP contribution in [0.5, 0.6) is 0 Å². The maximum absolute atomic E-state index is 12.4. The van der Waals surface area contributed by atoms with E-state index < -0.39 is 0 Å². The Labute approximate surface area is 114 Å². The Morgan fingerprint density at radius 2 is 2.11 bits per heavy atom. The molecule has 0 unspecified atom stereocenters. The second-order valence-corrected chi connectivity index (χ2v) is 5.47. The molecule has 1 fully saturated rings. The van der Waals surface area contributed by atoms with Crippen LogP contribution in [0.4, 0.5) is 5.82 Å². The third kappa shape index (κ3) is 2.81. The molecule has 0 aliphatic carbocycles. The van der Waals surface area contributed by atoms with Crippen LogP contribution >= 0.6 is 15.9 Å². The van der Waals surface area contributed by atoms with Gasteiger partial charge in [-0.25, -0.2) is 4.98 Å². The highest BCUT2D eigenvalue weighted by Gasteiger charge is 2.27. The first-order valence-electron chi connectivity index (χ1n) is 5.83. The molecule has 1 aliphatic rings. The van der Waals surface area contributed by atoms with E-state index in [1.54, 1.807) is 17.2 Å². The number of hydrogen-bond acceptors (Lipinski definition) is 4. The molecule has 0 radical (unpaired) electrons. The van der Waals surface area contributed by atoms with Crippen molar-refractivity contribution in [1.29, 1.82) is 0 Å². The molecule has 0 bridgehead atoms. The number of nitrogen functional groups attached to an aromatic ring is 1. The lowest BCUT2D eigenvalue weighted by Gasteiger charge is -2.35. The molecule has 18 heavy (non-hydrogen) atoms. The third-order valence-corrected chi connectivity index (χ3v) is 3.26. The van der Waals surface area contributed by atoms with Gasteiger partial charge in [-0.05, 0) is 35.8 Å². The molecule has 1 aliphatic heterocycles. The minimum absolute atomic E-state index is 0.0408. The fourth-order valence-electron chi connectivity index (χ4n) is 2.14. The van der Waals surface area contributed by atoms with Crippen LogP contribution in [0, 0.1) is 0 Å². The summed E-state index contributed by atoms with van der Waals surface area (Å²) >= 11 is 3.30. The SMILES string of the molecule is C[C@@H]1CN(C(=O)c2cc(Br)cnc2N)C[C@H](C)O1. The van der Waals surface area contributed by atoms with Crippen molar-refractivity contribution in [3.05, 3.63) is 22.3 Å². The minimum Gasteiger partial charge on any atom is -0.383 e. The first-order chi connectivity index (χ1) is 8.47. The molecular formula is C12H16BrN3O2. The van der Waals surface area contributed by atoms with Gasteiger partial charge >= 0.3 is 0 Å². The van der Waals surface area contributed by atoms with Gasteiger partial charge in [-0.1, -0.05) is 0 Å². The van der Waals surface area contributed by atoms with Crippen molar-refractivity contribution < 1.29 is 9.53 Å². The van der Waals surface area contributed by atoms with Crippen molar-refractivity contribution in [2.45, 2.75) is 26.1 Å². The highest BCUT2D eigenvalue weighted by molar-refractivity contribution is 9.10. The first-order valence-corrected chi connectivity index (χ1v) is 6.62. The number of ether oxygens (including phenoxy) is 1. The predicted molar refractivity (Wildman–Crippen MR) is 72.3 cm³/mol. The van der Waals surface area contributed by atoms with Gasteiger partial charge in [0.2, 0.25) is 0 Å². The number of carbonyl (C=O) groups excluding carboxylic acids is 1. The van der Waals surface area contributed by atoms with Crippen LogP contribution in [0.1, 0.15) is 24.2 Å². The van der Waals surface area contributed by atoms with Gasteiger partial charge in [0.25, 0.3) is 5.91 Å². The Morgan fingerprint density at radius 1 is 1.50 bits per heavy atom. The van der Waals surface area contributed by atoms with Gasteiger partial charge < -0.3 is 15.4 Å². The average molecular weight is 314 g/mol. The number of morpholine rings is 1. The molecule has 1 amide bonds. The van der Waals surface area contributed by atoms with E-state index in [9.17, 15) is 4.79 Å². The summed E-state index contributed by atoms with van der Waals surface area (Å²) < 4.78 is 6.35. The molecule has 5 nitrogen and oxygen atoms in total. The van der Waals surface area contributed by atoms with E-state index in [0.29, 0.717) is 18.7 Å². The van der Waals surface area contributed by atoms with Crippen molar-refractivity contribution in [3.63, 3.8) is 0 Å². The molecule has 1 aromatic heterocycles. The van der Waals surface area contributed by atoms with E-state index in [1.807, 2.05) is 13.8 Å². The third-order valence-electron chi connectivity index (χ3n) is 2.82. The van der Waals surface area contributed by atoms with E-state index in [4.69, 9.17) is 10.5 Å². The molecule has 2 N–H and O–H groups in total. The summed E-state index contributed by atoms with van der Waals surface area (Å²) in [7, 11) is 0. The van der Waals surface area contributed by atoms with Crippen LogP contribution in [0.2, 0.25) is 0 Å². The Kier molecular flexibility index (Phi) is 3.87. The first kappa shape index (κ1) is 13.3. The monoisotopic (exact) mass is 313 g/mol. The van der Waals surface area contributed by atoms with Crippen molar-refractivity contribution >= 4 is 27.7 Å². The van der Waals surface area contributed by atoms with Gasteiger partial charge in [0.05, 0.1) is 17.8 Å². The quantitative estimate of drug-likeness (QED) is 0.856. The van der Waals surface area contributed by atoms with E-state index in [2.05, 4.69) is 20.9 Å². The van der Waals surface area contributed by atoms with Gasteiger partial charge in [0.15, 0.2) is 0 Å². The minimum atomic E-state index is -0.0942. The number of hydrogen-bond donors (Lipinski definition) is 1. The maximum atomic E-state index is 12.4. The summed E-state index contributed by atoms with van der Waals surface area (Å²) in [4.78, 5) is 18.1. The van der Waals surface area contributed by atoms with Crippen LogP contribution < -0.4 is 5.73 Å². The van der Waals surface area contributed by atoms with Crippen LogP contribution in [-0.2, 0) is 4.74 Å². The van der Waals surface area contributed by atoms with Crippen LogP contribution in [0.15, 0.2) is 16.7 Å². The zero-order chi connectivity index (χ0) is 13.3. The molecule has 0 aromatic carbocycles. The zero-order valence-corrected chi connectivity index (χ0v) is 12.0. The summed E-state index contributed by atoms with van der Waals surface area (Å²) in [6.45, 7) is 5.07. The number of rotatable bonds is 1. The molecule has 2 rings (SSSR count). The van der Waals surface area contributed by atoms with E-state index >= 15 is 0 Å². The normalized spacial score (nSPS) is 24.1. The number of amides is 1. The summed E-state index contributed by atoms with van der Waals surface area (Å²) in [6, 6.07) is 1.70. The van der Waals surface area contributed by atoms with Crippen molar-refractivity contribution in [3.8, 4) is 0 Å². The highest BCUT2D eigenvalue weighted by Crippen LogP contribution is 2.20. The number of carbonyl (C=O) groups is 1. The number of anilines is 1. The number of nitrogens with zero attached hydrogens (tertiary/aromatic N) is 2. The number of nitrogens with two attached hydrogens (primary N) is 1. The van der Waals surface area contributed by atoms with Crippen molar-refractivity contribution in [2.24, 2.45) is 0 Å². The van der Waals surface area contributed by atoms with Crippen LogP contribution in [0.25, 0.3) is 0 Å². The molecule has 0 saturated carbocycles. The van der Waals surface area contributed by atoms with E-state index in [1.165, 1.54) is 0 Å². The Bertz CT molecular complexity index is 457. The fourth-order valence-corrected chi connectivity index (χ4v) is 2.47. The molecular weight excluding hydrogens is 298 g/mol. The van der Waals surface area contributed by atoms with Gasteiger partial charge in [0.1, 0.15) is 5.82 Å². The van der Waals surface area contributed by atoms with E-state index in [-0.39, 0.29) is 23.9 Å². The van der Waals surface area contributed by atoms with E-state index in [0.717, 1.165) is 4.47 Å². The number of aromatic nitrogens is 1. The molecule has 98 valence electrons. The van der Waals surface area contributed by atoms with Crippen molar-refractivity contribution in [2.75, 3.05) is 18.8 Å². The van der Waals surface area contributed by atoms with Crippen LogP contribution in [0.3, 0.4) is 0 Å². The Hall–Kier alpha value is -1.14. The second kappa shape index (κ2) is 5.24. The summed E-state index contributed by atoms with van der Waals surface area (Å²) in [5.41, 5.74) is 6.19. The predicted octanol–water partition coefficient (Wildman–Crippen LogP) is 1.68. The maximum Gasteiger partial charge on any atom is 0.257 e. The van der Waals surface area contributed by atoms with Gasteiger partial charge in [-0.3, -0.25) is 4.79 Å². The number of halogens is 1. The smallest absolute Gasteiger partial charge is 0.257 e. The molecule has 2 atom stereocenters. The summed E-state index contributed by atoms with van der Waals surface area (Å²) in [5.74, 6) is 0.165. The van der Waals surface area contributed by atoms with Crippen molar-refractivity contribution in [1.82, 2.24) is 9.88 Å². The summed E-state index contributed by atoms with van der Waals surface area (Å²) in [5, 5.41) is 0. The molecule has 1 aromatic rings. The molecule has 1 saturated heterocycles. The summed E-state index contributed by atoms with van der Waals surface area (Å²) in [6.07, 6.45) is 1.66. The highest BCUT2D eigenvalue weighted by atomic mass is 79.9. The lowest BCUT2D eigenvalue weighted by atomic mass is 10.1. The Morgan fingerprint density at radius 3 is 2.72 bits per heavy atom. The lowest BCUT2D eigenvalue weighted by Crippen LogP contribution is -2.48. The molecule has 0 spiro atoms. The fraction of sp³-hybridized carbons (Fsp3) is 0.500. The average Bonchev–Trinajstić information content (AvgIpc) is 2.30. The topological polar surface area (TPSA) is 68.5 Å². The van der Waals surface area contributed by atoms with Crippen LogP contribution in [-0.4, -0.2) is 41.1 Å². The van der Waals surface area contributed by atoms with Gasteiger partial charge in [-0.2, -0.15) is 0 Å². The lowest BCUT2D eigenvalue weighted by molar-refractivity contribution is -0.0586. The Balaban J connectivity index is 2.22. The molecule has 6 heteroatoms. The zero-order valence-electron chi connectivity index (χ0n) is 10.4. The number of pyridine rings is 1. The second-order valence-electron chi connectivity index (χ2n) is 4.55. The largest absolute Gasteiger partial charge is 0.383 e. The molecule has 2 heterocycles. The van der Waals surface area contributed by atoms with Gasteiger partial charge in [-0.15, -0.1) is 0 Å².